The average Bonchev–Trinajstić information content (AvgIpc) is 2.89. The molecule has 5 nitrogen and oxygen atoms in total. The Morgan fingerprint density at radius 1 is 1.42 bits per heavy atom. The lowest BCUT2D eigenvalue weighted by Crippen LogP contribution is -2.17. The average molecular weight is 297 g/mol. The molecule has 7 heteroatoms. The van der Waals surface area contributed by atoms with Crippen molar-refractivity contribution < 1.29 is 8.42 Å². The van der Waals surface area contributed by atoms with E-state index in [0.29, 0.717) is 5.69 Å². The summed E-state index contributed by atoms with van der Waals surface area (Å²) in [5.41, 5.74) is 0.507. The quantitative estimate of drug-likeness (QED) is 0.887. The maximum Gasteiger partial charge on any atom is 0.240 e. The second-order valence-electron chi connectivity index (χ2n) is 4.02. The number of aromatic nitrogens is 1. The molecule has 1 atom stereocenters. The SMILES string of the molecule is CCC(Nc1ccccc1S(N)(=O)=O)c1nccs1. The van der Waals surface area contributed by atoms with E-state index in [1.165, 1.54) is 17.4 Å². The molecule has 0 saturated carbocycles. The Morgan fingerprint density at radius 2 is 2.16 bits per heavy atom. The largest absolute Gasteiger partial charge is 0.375 e. The van der Waals surface area contributed by atoms with Crippen molar-refractivity contribution in [3.63, 3.8) is 0 Å². The van der Waals surface area contributed by atoms with Gasteiger partial charge in [0.1, 0.15) is 9.90 Å². The van der Waals surface area contributed by atoms with Crippen molar-refractivity contribution in [2.45, 2.75) is 24.3 Å². The number of sulfonamides is 1. The molecule has 0 saturated heterocycles. The predicted octanol–water partition coefficient (Wildman–Crippen LogP) is 2.35. The van der Waals surface area contributed by atoms with Crippen LogP contribution in [0.3, 0.4) is 0 Å². The van der Waals surface area contributed by atoms with Crippen LogP contribution < -0.4 is 10.5 Å². The maximum atomic E-state index is 11.5. The van der Waals surface area contributed by atoms with E-state index in [1.54, 1.807) is 24.4 Å². The Morgan fingerprint density at radius 3 is 2.74 bits per heavy atom. The van der Waals surface area contributed by atoms with Gasteiger partial charge in [-0.1, -0.05) is 19.1 Å². The lowest BCUT2D eigenvalue weighted by atomic mass is 10.2. The third-order valence-corrected chi connectivity index (χ3v) is 4.54. The molecule has 0 amide bonds. The van der Waals surface area contributed by atoms with Crippen LogP contribution in [0, 0.1) is 0 Å². The number of benzene rings is 1. The van der Waals surface area contributed by atoms with Gasteiger partial charge in [-0.05, 0) is 18.6 Å². The summed E-state index contributed by atoms with van der Waals surface area (Å²) in [6, 6.07) is 6.59. The lowest BCUT2D eigenvalue weighted by Gasteiger charge is -2.17. The van der Waals surface area contributed by atoms with Crippen molar-refractivity contribution >= 4 is 27.0 Å². The normalized spacial score (nSPS) is 13.2. The van der Waals surface area contributed by atoms with Crippen molar-refractivity contribution in [1.82, 2.24) is 4.98 Å². The van der Waals surface area contributed by atoms with Gasteiger partial charge in [-0.15, -0.1) is 11.3 Å². The Balaban J connectivity index is 2.33. The molecule has 0 aliphatic rings. The number of nitrogens with two attached hydrogens (primary N) is 1. The molecule has 0 spiro atoms. The van der Waals surface area contributed by atoms with Crippen LogP contribution in [0.5, 0.6) is 0 Å². The minimum atomic E-state index is -3.74. The van der Waals surface area contributed by atoms with Gasteiger partial charge in [0, 0.05) is 11.6 Å². The first-order valence-corrected chi connectivity index (χ1v) is 8.22. The van der Waals surface area contributed by atoms with Crippen molar-refractivity contribution in [2.24, 2.45) is 5.14 Å². The fraction of sp³-hybridized carbons (Fsp3) is 0.250. The van der Waals surface area contributed by atoms with Crippen LogP contribution in [0.15, 0.2) is 40.7 Å². The fourth-order valence-electron chi connectivity index (χ4n) is 1.77. The summed E-state index contributed by atoms with van der Waals surface area (Å²) in [5.74, 6) is 0. The number of nitrogens with zero attached hydrogens (tertiary/aromatic N) is 1. The summed E-state index contributed by atoms with van der Waals surface area (Å²) in [4.78, 5) is 4.35. The van der Waals surface area contributed by atoms with E-state index in [1.807, 2.05) is 12.3 Å². The summed E-state index contributed by atoms with van der Waals surface area (Å²) in [5, 5.41) is 11.2. The fourth-order valence-corrected chi connectivity index (χ4v) is 3.24. The highest BCUT2D eigenvalue weighted by atomic mass is 32.2. The van der Waals surface area contributed by atoms with E-state index in [0.717, 1.165) is 11.4 Å². The molecule has 1 aromatic carbocycles. The summed E-state index contributed by atoms with van der Waals surface area (Å²) < 4.78 is 23.1. The highest BCUT2D eigenvalue weighted by Crippen LogP contribution is 2.27. The predicted molar refractivity (Wildman–Crippen MR) is 76.6 cm³/mol. The smallest absolute Gasteiger partial charge is 0.240 e. The van der Waals surface area contributed by atoms with Crippen molar-refractivity contribution in [1.29, 1.82) is 0 Å². The lowest BCUT2D eigenvalue weighted by molar-refractivity contribution is 0.597. The van der Waals surface area contributed by atoms with Crippen LogP contribution in [0.1, 0.15) is 24.4 Å². The number of primary sulfonamides is 1. The number of anilines is 1. The minimum Gasteiger partial charge on any atom is -0.375 e. The number of hydrogen-bond acceptors (Lipinski definition) is 5. The highest BCUT2D eigenvalue weighted by Gasteiger charge is 2.17. The van der Waals surface area contributed by atoms with Gasteiger partial charge in [0.05, 0.1) is 11.7 Å². The molecular weight excluding hydrogens is 282 g/mol. The zero-order valence-electron chi connectivity index (χ0n) is 10.4. The molecule has 0 aliphatic carbocycles. The summed E-state index contributed by atoms with van der Waals surface area (Å²) in [6.45, 7) is 2.01. The topological polar surface area (TPSA) is 85.1 Å². The monoisotopic (exact) mass is 297 g/mol. The first kappa shape index (κ1) is 14.0. The van der Waals surface area contributed by atoms with Crippen LogP contribution in [-0.4, -0.2) is 13.4 Å². The number of rotatable bonds is 5. The second kappa shape index (κ2) is 5.68. The molecule has 1 aromatic heterocycles. The first-order chi connectivity index (χ1) is 9.02. The van der Waals surface area contributed by atoms with Gasteiger partial charge in [0.2, 0.25) is 10.0 Å². The standard InChI is InChI=1S/C12H15N3O2S2/c1-2-9(12-14-7-8-18-12)15-10-5-3-4-6-11(10)19(13,16)17/h3-9,15H,2H2,1H3,(H2,13,16,17). The van der Waals surface area contributed by atoms with E-state index in [2.05, 4.69) is 10.3 Å². The van der Waals surface area contributed by atoms with E-state index < -0.39 is 10.0 Å². The third-order valence-electron chi connectivity index (χ3n) is 2.68. The van der Waals surface area contributed by atoms with Crippen LogP contribution in [0.2, 0.25) is 0 Å². The van der Waals surface area contributed by atoms with Gasteiger partial charge in [0.25, 0.3) is 0 Å². The zero-order valence-corrected chi connectivity index (χ0v) is 12.0. The molecule has 0 bridgehead atoms. The van der Waals surface area contributed by atoms with E-state index in [-0.39, 0.29) is 10.9 Å². The van der Waals surface area contributed by atoms with Crippen LogP contribution in [0.25, 0.3) is 0 Å². The summed E-state index contributed by atoms with van der Waals surface area (Å²) in [6.07, 6.45) is 2.53. The summed E-state index contributed by atoms with van der Waals surface area (Å²) >= 11 is 1.53. The van der Waals surface area contributed by atoms with E-state index in [4.69, 9.17) is 5.14 Å². The Labute approximate surface area is 116 Å². The molecule has 2 rings (SSSR count). The van der Waals surface area contributed by atoms with Gasteiger partial charge in [-0.3, -0.25) is 0 Å². The third kappa shape index (κ3) is 3.31. The van der Waals surface area contributed by atoms with E-state index >= 15 is 0 Å². The van der Waals surface area contributed by atoms with Gasteiger partial charge >= 0.3 is 0 Å². The maximum absolute atomic E-state index is 11.5. The van der Waals surface area contributed by atoms with Gasteiger partial charge < -0.3 is 5.32 Å². The van der Waals surface area contributed by atoms with Crippen LogP contribution >= 0.6 is 11.3 Å². The molecule has 0 aliphatic heterocycles. The van der Waals surface area contributed by atoms with Gasteiger partial charge in [-0.25, -0.2) is 18.5 Å². The number of para-hydroxylation sites is 1. The van der Waals surface area contributed by atoms with Gasteiger partial charge in [0.15, 0.2) is 0 Å². The van der Waals surface area contributed by atoms with Crippen molar-refractivity contribution in [3.8, 4) is 0 Å². The van der Waals surface area contributed by atoms with Crippen LogP contribution in [-0.2, 0) is 10.0 Å². The molecule has 102 valence electrons. The molecule has 0 fully saturated rings. The first-order valence-electron chi connectivity index (χ1n) is 5.80. The molecule has 1 heterocycles. The molecule has 2 aromatic rings. The van der Waals surface area contributed by atoms with Crippen molar-refractivity contribution in [2.75, 3.05) is 5.32 Å². The summed E-state index contributed by atoms with van der Waals surface area (Å²) in [7, 11) is -3.74. The van der Waals surface area contributed by atoms with Gasteiger partial charge in [-0.2, -0.15) is 0 Å². The number of nitrogens with one attached hydrogen (secondary N) is 1. The molecular formula is C12H15N3O2S2. The minimum absolute atomic E-state index is 0.0251. The molecule has 1 unspecified atom stereocenters. The highest BCUT2D eigenvalue weighted by molar-refractivity contribution is 7.89. The van der Waals surface area contributed by atoms with E-state index in [9.17, 15) is 8.42 Å². The van der Waals surface area contributed by atoms with Crippen LogP contribution in [0.4, 0.5) is 5.69 Å². The Bertz CT molecular complexity index is 639. The Kier molecular flexibility index (Phi) is 4.18. The zero-order chi connectivity index (χ0) is 13.9. The number of hydrogen-bond donors (Lipinski definition) is 2. The number of thiazole rings is 1. The molecule has 19 heavy (non-hydrogen) atoms. The molecule has 0 radical (unpaired) electrons. The second-order valence-corrected chi connectivity index (χ2v) is 6.47. The Hall–Kier alpha value is -1.44. The molecule has 3 N–H and O–H groups in total. The van der Waals surface area contributed by atoms with Crippen molar-refractivity contribution in [3.05, 3.63) is 40.8 Å².